The van der Waals surface area contributed by atoms with Crippen molar-refractivity contribution in [3.8, 4) is 0 Å². The van der Waals surface area contributed by atoms with Gasteiger partial charge in [0.1, 0.15) is 0 Å². The molecular formula is C13H26N6OS. The molecule has 1 aromatic rings. The summed E-state index contributed by atoms with van der Waals surface area (Å²) >= 11 is 1.37. The van der Waals surface area contributed by atoms with E-state index in [0.717, 1.165) is 6.54 Å². The summed E-state index contributed by atoms with van der Waals surface area (Å²) < 4.78 is 1.73. The maximum Gasteiger partial charge on any atom is 0.233 e. The standard InChI is InChI=1S/C13H26N6OS/c1-10(2)18(6)11(20)9-21-12-15-16-17-19(12)8-7-14-13(3,4)5/h10,14H,7-9H2,1-6H3. The van der Waals surface area contributed by atoms with E-state index in [2.05, 4.69) is 41.6 Å². The summed E-state index contributed by atoms with van der Waals surface area (Å²) in [4.78, 5) is 13.7. The minimum absolute atomic E-state index is 0.0667. The largest absolute Gasteiger partial charge is 0.343 e. The minimum Gasteiger partial charge on any atom is -0.343 e. The third-order valence-corrected chi connectivity index (χ3v) is 3.91. The van der Waals surface area contributed by atoms with Gasteiger partial charge in [-0.1, -0.05) is 11.8 Å². The van der Waals surface area contributed by atoms with Gasteiger partial charge in [0.15, 0.2) is 0 Å². The van der Waals surface area contributed by atoms with Crippen molar-refractivity contribution >= 4 is 17.7 Å². The van der Waals surface area contributed by atoms with Crippen LogP contribution >= 0.6 is 11.8 Å². The van der Waals surface area contributed by atoms with E-state index in [1.807, 2.05) is 20.9 Å². The molecule has 1 rings (SSSR count). The number of carbonyl (C=O) groups is 1. The first-order chi connectivity index (χ1) is 9.70. The quantitative estimate of drug-likeness (QED) is 0.757. The molecule has 0 saturated carbocycles. The zero-order valence-electron chi connectivity index (χ0n) is 13.8. The highest BCUT2D eigenvalue weighted by molar-refractivity contribution is 7.99. The van der Waals surface area contributed by atoms with Gasteiger partial charge in [0, 0.05) is 25.2 Å². The lowest BCUT2D eigenvalue weighted by Gasteiger charge is -2.21. The molecule has 0 radical (unpaired) electrons. The number of amides is 1. The predicted octanol–water partition coefficient (Wildman–Crippen LogP) is 1.02. The Morgan fingerprint density at radius 3 is 2.67 bits per heavy atom. The van der Waals surface area contributed by atoms with Crippen LogP contribution in [0.4, 0.5) is 0 Å². The van der Waals surface area contributed by atoms with Gasteiger partial charge in [-0.25, -0.2) is 4.68 Å². The molecule has 0 aliphatic heterocycles. The summed E-state index contributed by atoms with van der Waals surface area (Å²) in [6.45, 7) is 11.8. The molecule has 0 atom stereocenters. The van der Waals surface area contributed by atoms with Crippen molar-refractivity contribution in [3.05, 3.63) is 0 Å². The first kappa shape index (κ1) is 17.9. The van der Waals surface area contributed by atoms with Crippen LogP contribution in [0.15, 0.2) is 5.16 Å². The van der Waals surface area contributed by atoms with Crippen molar-refractivity contribution in [2.24, 2.45) is 0 Å². The van der Waals surface area contributed by atoms with Crippen LogP contribution in [0, 0.1) is 0 Å². The molecule has 1 amide bonds. The van der Waals surface area contributed by atoms with Gasteiger partial charge in [-0.05, 0) is 45.0 Å². The highest BCUT2D eigenvalue weighted by Gasteiger charge is 2.15. The summed E-state index contributed by atoms with van der Waals surface area (Å²) in [6, 6.07) is 0.199. The Labute approximate surface area is 130 Å². The van der Waals surface area contributed by atoms with Gasteiger partial charge >= 0.3 is 0 Å². The van der Waals surface area contributed by atoms with Crippen LogP contribution in [0.1, 0.15) is 34.6 Å². The van der Waals surface area contributed by atoms with Gasteiger partial charge in [-0.3, -0.25) is 4.79 Å². The molecule has 7 nitrogen and oxygen atoms in total. The zero-order valence-corrected chi connectivity index (χ0v) is 14.6. The number of nitrogens with zero attached hydrogens (tertiary/aromatic N) is 5. The molecule has 8 heteroatoms. The van der Waals surface area contributed by atoms with E-state index in [9.17, 15) is 4.79 Å². The average Bonchev–Trinajstić information content (AvgIpc) is 2.81. The number of thioether (sulfide) groups is 1. The molecule has 0 spiro atoms. The van der Waals surface area contributed by atoms with E-state index in [-0.39, 0.29) is 17.5 Å². The number of hydrogen-bond acceptors (Lipinski definition) is 6. The fourth-order valence-electron chi connectivity index (χ4n) is 1.49. The summed E-state index contributed by atoms with van der Waals surface area (Å²) in [5, 5.41) is 15.7. The number of aromatic nitrogens is 4. The molecule has 0 bridgehead atoms. The van der Waals surface area contributed by atoms with E-state index in [1.165, 1.54) is 11.8 Å². The number of tetrazole rings is 1. The van der Waals surface area contributed by atoms with Gasteiger partial charge in [0.2, 0.25) is 11.1 Å². The van der Waals surface area contributed by atoms with Crippen molar-refractivity contribution in [1.82, 2.24) is 30.4 Å². The lowest BCUT2D eigenvalue weighted by molar-refractivity contribution is -0.128. The molecule has 1 N–H and O–H groups in total. The highest BCUT2D eigenvalue weighted by Crippen LogP contribution is 2.14. The minimum atomic E-state index is 0.0667. The van der Waals surface area contributed by atoms with Crippen LogP contribution in [0.2, 0.25) is 0 Å². The molecule has 21 heavy (non-hydrogen) atoms. The second-order valence-electron chi connectivity index (χ2n) is 6.25. The lowest BCUT2D eigenvalue weighted by Crippen LogP contribution is -2.38. The first-order valence-corrected chi connectivity index (χ1v) is 8.09. The number of nitrogens with one attached hydrogen (secondary N) is 1. The van der Waals surface area contributed by atoms with Crippen LogP contribution in [-0.4, -0.2) is 61.9 Å². The highest BCUT2D eigenvalue weighted by atomic mass is 32.2. The SMILES string of the molecule is CC(C)N(C)C(=O)CSc1nnnn1CCNC(C)(C)C. The Kier molecular flexibility index (Phi) is 6.60. The number of hydrogen-bond donors (Lipinski definition) is 1. The van der Waals surface area contributed by atoms with Crippen molar-refractivity contribution in [1.29, 1.82) is 0 Å². The maximum absolute atomic E-state index is 12.0. The molecule has 0 unspecified atom stereocenters. The summed E-state index contributed by atoms with van der Waals surface area (Å²) in [5.41, 5.74) is 0.0667. The monoisotopic (exact) mass is 314 g/mol. The topological polar surface area (TPSA) is 75.9 Å². The molecular weight excluding hydrogens is 288 g/mol. The molecule has 0 aliphatic rings. The molecule has 0 saturated heterocycles. The molecule has 0 aliphatic carbocycles. The third-order valence-electron chi connectivity index (χ3n) is 2.97. The van der Waals surface area contributed by atoms with Crippen molar-refractivity contribution in [2.45, 2.75) is 57.9 Å². The summed E-state index contributed by atoms with van der Waals surface area (Å²) in [6.07, 6.45) is 0. The fourth-order valence-corrected chi connectivity index (χ4v) is 2.32. The molecule has 0 aromatic carbocycles. The Morgan fingerprint density at radius 2 is 2.10 bits per heavy atom. The van der Waals surface area contributed by atoms with Crippen molar-refractivity contribution < 1.29 is 4.79 Å². The van der Waals surface area contributed by atoms with E-state index in [0.29, 0.717) is 17.5 Å². The van der Waals surface area contributed by atoms with E-state index < -0.39 is 0 Å². The van der Waals surface area contributed by atoms with Gasteiger partial charge in [0.25, 0.3) is 0 Å². The van der Waals surface area contributed by atoms with Crippen LogP contribution < -0.4 is 5.32 Å². The maximum atomic E-state index is 12.0. The third kappa shape index (κ3) is 6.43. The number of carbonyl (C=O) groups excluding carboxylic acids is 1. The van der Waals surface area contributed by atoms with Crippen molar-refractivity contribution in [3.63, 3.8) is 0 Å². The molecule has 0 fully saturated rings. The molecule has 1 aromatic heterocycles. The average molecular weight is 314 g/mol. The van der Waals surface area contributed by atoms with E-state index >= 15 is 0 Å². The lowest BCUT2D eigenvalue weighted by atomic mass is 10.1. The Hall–Kier alpha value is -1.15. The Bertz CT molecular complexity index is 454. The van der Waals surface area contributed by atoms with Crippen molar-refractivity contribution in [2.75, 3.05) is 19.3 Å². The van der Waals surface area contributed by atoms with E-state index in [4.69, 9.17) is 0 Å². The normalized spacial score (nSPS) is 12.0. The number of rotatable bonds is 7. The van der Waals surface area contributed by atoms with Gasteiger partial charge < -0.3 is 10.2 Å². The summed E-state index contributed by atoms with van der Waals surface area (Å²) in [7, 11) is 1.81. The van der Waals surface area contributed by atoms with Gasteiger partial charge in [0.05, 0.1) is 12.3 Å². The second kappa shape index (κ2) is 7.74. The molecule has 120 valence electrons. The first-order valence-electron chi connectivity index (χ1n) is 7.10. The van der Waals surface area contributed by atoms with Crippen LogP contribution in [0.3, 0.4) is 0 Å². The Balaban J connectivity index is 2.47. The van der Waals surface area contributed by atoms with Crippen LogP contribution in [0.25, 0.3) is 0 Å². The summed E-state index contributed by atoms with van der Waals surface area (Å²) in [5.74, 6) is 0.430. The second-order valence-corrected chi connectivity index (χ2v) is 7.19. The Morgan fingerprint density at radius 1 is 1.43 bits per heavy atom. The van der Waals surface area contributed by atoms with Crippen LogP contribution in [-0.2, 0) is 11.3 Å². The van der Waals surface area contributed by atoms with Crippen LogP contribution in [0.5, 0.6) is 0 Å². The smallest absolute Gasteiger partial charge is 0.233 e. The fraction of sp³-hybridized carbons (Fsp3) is 0.846. The van der Waals surface area contributed by atoms with Gasteiger partial charge in [-0.2, -0.15) is 0 Å². The van der Waals surface area contributed by atoms with E-state index in [1.54, 1.807) is 9.58 Å². The predicted molar refractivity (Wildman–Crippen MR) is 84.2 cm³/mol. The van der Waals surface area contributed by atoms with Gasteiger partial charge in [-0.15, -0.1) is 5.10 Å². The zero-order chi connectivity index (χ0) is 16.0. The molecule has 1 heterocycles.